The molecule has 0 saturated carbocycles. The van der Waals surface area contributed by atoms with Crippen molar-refractivity contribution in [2.75, 3.05) is 114 Å². The molecule has 15 N–H and O–H groups in total. The van der Waals surface area contributed by atoms with Gasteiger partial charge in [0.15, 0.2) is 0 Å². The summed E-state index contributed by atoms with van der Waals surface area (Å²) in [7, 11) is 10.7. The SMILES string of the molecule is CNCCC(c1nc(C(CCN)N(C)CCCN)c(C(CCN)N(C)CCCN)n1C(CCN)N(C)CCCN)N(C)CCCN. The fourth-order valence-corrected chi connectivity index (χ4v) is 6.56. The molecule has 1 rings (SSSR count). The molecule has 0 aromatic carbocycles. The molecule has 0 spiro atoms. The van der Waals surface area contributed by atoms with Gasteiger partial charge in [0, 0.05) is 6.54 Å². The molecule has 0 radical (unpaired) electrons. The topological polar surface area (TPSA) is 225 Å². The van der Waals surface area contributed by atoms with E-state index in [1.807, 2.05) is 7.05 Å². The van der Waals surface area contributed by atoms with Crippen LogP contribution in [0.4, 0.5) is 0 Å². The minimum Gasteiger partial charge on any atom is -0.330 e. The highest BCUT2D eigenvalue weighted by molar-refractivity contribution is 5.28. The van der Waals surface area contributed by atoms with Crippen LogP contribution < -0.4 is 45.5 Å². The summed E-state index contributed by atoms with van der Waals surface area (Å²) in [6, 6.07) is 0.0933. The summed E-state index contributed by atoms with van der Waals surface area (Å²) >= 11 is 0. The Labute approximate surface area is 281 Å². The van der Waals surface area contributed by atoms with Gasteiger partial charge in [-0.2, -0.15) is 0 Å². The van der Waals surface area contributed by atoms with Crippen molar-refractivity contribution in [3.8, 4) is 0 Å². The lowest BCUT2D eigenvalue weighted by molar-refractivity contribution is 0.132. The molecular weight excluding hydrogens is 580 g/mol. The Hall–Kier alpha value is -1.27. The third kappa shape index (κ3) is 13.0. The molecule has 0 bridgehead atoms. The van der Waals surface area contributed by atoms with E-state index in [0.29, 0.717) is 45.8 Å². The minimum atomic E-state index is -0.0150. The predicted molar refractivity (Wildman–Crippen MR) is 194 cm³/mol. The molecule has 14 nitrogen and oxygen atoms in total. The minimum absolute atomic E-state index is 0.0150. The molecule has 272 valence electrons. The van der Waals surface area contributed by atoms with E-state index in [-0.39, 0.29) is 24.3 Å². The Morgan fingerprint density at radius 2 is 1.00 bits per heavy atom. The first-order valence-corrected chi connectivity index (χ1v) is 17.7. The molecule has 0 fully saturated rings. The van der Waals surface area contributed by atoms with Gasteiger partial charge in [0.05, 0.1) is 35.7 Å². The third-order valence-electron chi connectivity index (χ3n) is 9.17. The van der Waals surface area contributed by atoms with Crippen LogP contribution in [0.5, 0.6) is 0 Å². The van der Waals surface area contributed by atoms with Gasteiger partial charge >= 0.3 is 0 Å². The average molecular weight is 655 g/mol. The van der Waals surface area contributed by atoms with Crippen molar-refractivity contribution >= 4 is 0 Å². The summed E-state index contributed by atoms with van der Waals surface area (Å²) in [5.41, 5.74) is 45.4. The van der Waals surface area contributed by atoms with Crippen LogP contribution in [-0.4, -0.2) is 143 Å². The third-order valence-corrected chi connectivity index (χ3v) is 9.17. The lowest BCUT2D eigenvalue weighted by Gasteiger charge is -2.38. The fraction of sp³-hybridized carbons (Fsp3) is 0.906. The molecule has 4 unspecified atom stereocenters. The van der Waals surface area contributed by atoms with Gasteiger partial charge in [-0.05, 0) is 159 Å². The Balaban J connectivity index is 4.33. The Morgan fingerprint density at radius 1 is 0.565 bits per heavy atom. The zero-order valence-electron chi connectivity index (χ0n) is 30.2. The van der Waals surface area contributed by atoms with E-state index in [9.17, 15) is 0 Å². The smallest absolute Gasteiger partial charge is 0.128 e. The van der Waals surface area contributed by atoms with Gasteiger partial charge in [-0.3, -0.25) is 19.6 Å². The second-order valence-electron chi connectivity index (χ2n) is 12.8. The lowest BCUT2D eigenvalue weighted by atomic mass is 9.98. The summed E-state index contributed by atoms with van der Waals surface area (Å²) in [6.07, 6.45) is 6.81. The number of hydrogen-bond acceptors (Lipinski definition) is 13. The summed E-state index contributed by atoms with van der Waals surface area (Å²) in [6.45, 7) is 8.46. The van der Waals surface area contributed by atoms with Crippen LogP contribution in [0.25, 0.3) is 0 Å². The van der Waals surface area contributed by atoms with E-state index in [1.54, 1.807) is 0 Å². The fourth-order valence-electron chi connectivity index (χ4n) is 6.56. The van der Waals surface area contributed by atoms with Gasteiger partial charge in [-0.25, -0.2) is 4.98 Å². The standard InChI is InChI=1S/C32H74N14/c1-40-21-13-28(44(4)24-8-16-35)32-41-30(26(10-18-37)42(2)22-6-14-33)31(27(11-19-38)43(3)23-7-15-34)46(32)29(12-20-39)45(5)25-9-17-36/h26-29,40H,6-25,33-39H2,1-5H3. The van der Waals surface area contributed by atoms with Gasteiger partial charge in [0.2, 0.25) is 0 Å². The molecule has 4 atom stereocenters. The van der Waals surface area contributed by atoms with Crippen LogP contribution in [0.1, 0.15) is 92.9 Å². The van der Waals surface area contributed by atoms with Crippen LogP contribution in [0.15, 0.2) is 0 Å². The van der Waals surface area contributed by atoms with Crippen molar-refractivity contribution < 1.29 is 0 Å². The van der Waals surface area contributed by atoms with Crippen LogP contribution in [0.3, 0.4) is 0 Å². The Bertz CT molecular complexity index is 883. The average Bonchev–Trinajstić information content (AvgIpc) is 3.42. The second-order valence-corrected chi connectivity index (χ2v) is 12.8. The quantitative estimate of drug-likeness (QED) is 0.0535. The van der Waals surface area contributed by atoms with Crippen LogP contribution in [0, 0.1) is 0 Å². The van der Waals surface area contributed by atoms with Crippen molar-refractivity contribution in [1.29, 1.82) is 0 Å². The number of nitrogens with zero attached hydrogens (tertiary/aromatic N) is 6. The van der Waals surface area contributed by atoms with Gasteiger partial charge < -0.3 is 50.0 Å². The number of aromatic nitrogens is 2. The molecular formula is C32H74N14. The predicted octanol–water partition coefficient (Wildman–Crippen LogP) is -0.717. The van der Waals surface area contributed by atoms with Crippen molar-refractivity contribution in [1.82, 2.24) is 34.5 Å². The molecule has 46 heavy (non-hydrogen) atoms. The van der Waals surface area contributed by atoms with Gasteiger partial charge in [-0.15, -0.1) is 0 Å². The lowest BCUT2D eigenvalue weighted by Crippen LogP contribution is -2.39. The largest absolute Gasteiger partial charge is 0.330 e. The number of nitrogens with two attached hydrogens (primary N) is 7. The van der Waals surface area contributed by atoms with Crippen LogP contribution in [0.2, 0.25) is 0 Å². The number of hydrogen-bond donors (Lipinski definition) is 8. The van der Waals surface area contributed by atoms with Gasteiger partial charge in [0.25, 0.3) is 0 Å². The van der Waals surface area contributed by atoms with Crippen LogP contribution >= 0.6 is 0 Å². The maximum Gasteiger partial charge on any atom is 0.128 e. The molecule has 0 saturated heterocycles. The van der Waals surface area contributed by atoms with Gasteiger partial charge in [0.1, 0.15) is 5.82 Å². The Kier molecular flexibility index (Phi) is 23.1. The molecule has 14 heteroatoms. The summed E-state index contributed by atoms with van der Waals surface area (Å²) in [4.78, 5) is 15.3. The van der Waals surface area contributed by atoms with E-state index in [4.69, 9.17) is 45.1 Å². The van der Waals surface area contributed by atoms with Gasteiger partial charge in [-0.1, -0.05) is 0 Å². The normalized spacial score (nSPS) is 15.0. The molecule has 1 aromatic rings. The monoisotopic (exact) mass is 655 g/mol. The summed E-state index contributed by atoms with van der Waals surface area (Å²) < 4.78 is 2.54. The molecule has 0 aliphatic rings. The second kappa shape index (κ2) is 24.8. The van der Waals surface area contributed by atoms with Crippen LogP contribution in [-0.2, 0) is 0 Å². The Morgan fingerprint density at radius 3 is 1.46 bits per heavy atom. The maximum absolute atomic E-state index is 6.39. The van der Waals surface area contributed by atoms with E-state index >= 15 is 0 Å². The first-order valence-electron chi connectivity index (χ1n) is 17.7. The zero-order chi connectivity index (χ0) is 34.5. The molecule has 0 amide bonds. The first-order chi connectivity index (χ1) is 22.2. The first kappa shape index (κ1) is 42.8. The molecule has 0 aliphatic carbocycles. The number of rotatable bonds is 29. The van der Waals surface area contributed by atoms with Crippen molar-refractivity contribution in [2.24, 2.45) is 40.1 Å². The van der Waals surface area contributed by atoms with E-state index < -0.39 is 0 Å². The highest BCUT2D eigenvalue weighted by Crippen LogP contribution is 2.40. The van der Waals surface area contributed by atoms with Crippen molar-refractivity contribution in [3.05, 3.63) is 17.2 Å². The number of imidazole rings is 1. The van der Waals surface area contributed by atoms with E-state index in [0.717, 1.165) is 95.6 Å². The highest BCUT2D eigenvalue weighted by atomic mass is 15.3. The van der Waals surface area contributed by atoms with Crippen molar-refractivity contribution in [2.45, 2.75) is 75.7 Å². The highest BCUT2D eigenvalue weighted by Gasteiger charge is 2.37. The van der Waals surface area contributed by atoms with E-state index in [1.165, 1.54) is 5.69 Å². The molecule has 1 aromatic heterocycles. The molecule has 0 aliphatic heterocycles. The maximum atomic E-state index is 6.39. The summed E-state index contributed by atoms with van der Waals surface area (Å²) in [5, 5.41) is 3.39. The zero-order valence-corrected chi connectivity index (χ0v) is 30.2. The molecule has 1 heterocycles. The van der Waals surface area contributed by atoms with E-state index in [2.05, 4.69) is 57.7 Å². The van der Waals surface area contributed by atoms with Crippen molar-refractivity contribution in [3.63, 3.8) is 0 Å². The summed E-state index contributed by atoms with van der Waals surface area (Å²) in [5.74, 6) is 1.06. The number of nitrogens with one attached hydrogen (secondary N) is 1.